The Hall–Kier alpha value is -4.22. The number of ketones is 1. The first-order valence-electron chi connectivity index (χ1n) is 12.9. The lowest BCUT2D eigenvalue weighted by atomic mass is 9.96. The van der Waals surface area contributed by atoms with Crippen LogP contribution in [0.1, 0.15) is 28.0 Å². The lowest BCUT2D eigenvalue weighted by molar-refractivity contribution is -0.137. The molecule has 3 aromatic carbocycles. The smallest absolute Gasteiger partial charge is 0.416 e. The molecule has 0 fully saturated rings. The molecule has 1 atom stereocenters. The van der Waals surface area contributed by atoms with E-state index in [-0.39, 0.29) is 28.6 Å². The summed E-state index contributed by atoms with van der Waals surface area (Å²) >= 11 is 0. The molecular weight excluding hydrogens is 569 g/mol. The summed E-state index contributed by atoms with van der Waals surface area (Å²) in [5, 5.41) is 9.82. The molecule has 220 valence electrons. The van der Waals surface area contributed by atoms with Crippen LogP contribution in [-0.2, 0) is 27.4 Å². The molecule has 0 saturated heterocycles. The second-order valence-electron chi connectivity index (χ2n) is 9.93. The van der Waals surface area contributed by atoms with E-state index >= 15 is 0 Å². The number of methoxy groups -OCH3 is 1. The second-order valence-corrected chi connectivity index (χ2v) is 11.7. The molecule has 4 rings (SSSR count). The van der Waals surface area contributed by atoms with E-state index in [0.717, 1.165) is 24.0 Å². The normalized spacial score (nSPS) is 13.0. The first-order chi connectivity index (χ1) is 19.8. The van der Waals surface area contributed by atoms with Gasteiger partial charge in [-0.05, 0) is 84.0 Å². The third-order valence-electron chi connectivity index (χ3n) is 6.48. The fourth-order valence-electron chi connectivity index (χ4n) is 4.56. The third kappa shape index (κ3) is 8.17. The molecule has 0 aliphatic heterocycles. The maximum absolute atomic E-state index is 13.3. The van der Waals surface area contributed by atoms with Gasteiger partial charge in [0.05, 0.1) is 23.0 Å². The molecule has 0 radical (unpaired) electrons. The Kier molecular flexibility index (Phi) is 9.33. The van der Waals surface area contributed by atoms with Gasteiger partial charge in [-0.3, -0.25) is 9.52 Å². The van der Waals surface area contributed by atoms with Crippen LogP contribution >= 0.6 is 0 Å². The molecule has 0 saturated carbocycles. The van der Waals surface area contributed by atoms with Crippen LogP contribution in [0, 0.1) is 5.92 Å². The highest BCUT2D eigenvalue weighted by Gasteiger charge is 2.30. The Morgan fingerprint density at radius 1 is 1.05 bits per heavy atom. The first kappa shape index (κ1) is 30.7. The number of anilines is 1. The summed E-state index contributed by atoms with van der Waals surface area (Å²) in [4.78, 5) is 17.5. The quantitative estimate of drug-likeness (QED) is 0.148. The number of allylic oxidation sites excluding steroid dienone is 2. The zero-order valence-corrected chi connectivity index (χ0v) is 23.7. The van der Waals surface area contributed by atoms with Crippen LogP contribution in [0.2, 0.25) is 0 Å². The van der Waals surface area contributed by atoms with Crippen LogP contribution in [0.25, 0.3) is 22.0 Å². The van der Waals surface area contributed by atoms with Crippen molar-refractivity contribution in [2.24, 2.45) is 5.92 Å². The molecule has 0 aliphatic rings. The molecule has 11 heteroatoms. The number of benzene rings is 3. The minimum Gasteiger partial charge on any atom is -0.508 e. The number of hydrogen-bond acceptors (Lipinski definition) is 6. The van der Waals surface area contributed by atoms with Crippen LogP contribution in [0.4, 0.5) is 18.9 Å². The zero-order valence-electron chi connectivity index (χ0n) is 22.9. The molecule has 4 aromatic rings. The van der Waals surface area contributed by atoms with Gasteiger partial charge in [0, 0.05) is 19.1 Å². The predicted molar refractivity (Wildman–Crippen MR) is 156 cm³/mol. The number of carbonyl (C=O) groups excluding carboxylic acids is 1. The van der Waals surface area contributed by atoms with E-state index in [1.165, 1.54) is 36.4 Å². The fraction of sp³-hybridized carbons (Fsp3) is 0.226. The molecule has 42 heavy (non-hydrogen) atoms. The fourth-order valence-corrected chi connectivity index (χ4v) is 5.12. The Morgan fingerprint density at radius 3 is 2.43 bits per heavy atom. The van der Waals surface area contributed by atoms with Crippen molar-refractivity contribution >= 4 is 32.4 Å². The first-order valence-corrected chi connectivity index (χ1v) is 14.8. The summed E-state index contributed by atoms with van der Waals surface area (Å²) < 4.78 is 71.7. The highest BCUT2D eigenvalue weighted by atomic mass is 32.2. The summed E-state index contributed by atoms with van der Waals surface area (Å²) in [6.45, 7) is 0.449. The minimum absolute atomic E-state index is 0.00135. The number of ether oxygens (including phenoxy) is 1. The number of phenolic OH excluding ortho intramolecular Hbond substituents is 1. The van der Waals surface area contributed by atoms with E-state index in [2.05, 4.69) is 9.71 Å². The van der Waals surface area contributed by atoms with Crippen molar-refractivity contribution in [1.82, 2.24) is 4.98 Å². The zero-order chi connectivity index (χ0) is 30.5. The number of nitrogens with one attached hydrogen (secondary N) is 1. The van der Waals surface area contributed by atoms with Crippen molar-refractivity contribution in [3.63, 3.8) is 0 Å². The number of phenols is 1. The highest BCUT2D eigenvalue weighted by Crippen LogP contribution is 2.34. The Bertz CT molecular complexity index is 1720. The number of rotatable bonds is 11. The van der Waals surface area contributed by atoms with Gasteiger partial charge in [0.1, 0.15) is 11.4 Å². The Morgan fingerprint density at radius 2 is 1.76 bits per heavy atom. The van der Waals surface area contributed by atoms with Gasteiger partial charge < -0.3 is 9.84 Å². The molecular formula is C31H29F3N2O5S. The number of nitrogens with zero attached hydrogens (tertiary/aromatic N) is 1. The van der Waals surface area contributed by atoms with Crippen LogP contribution in [0.5, 0.6) is 5.75 Å². The SMILES string of the molecule is COC[C@@H](C/C=C/C(=O)c1cc(NS(C)(=O)=O)c2cc(-c3cccc(C(F)(F)F)c3)ccc2n1)Cc1ccc(O)cc1. The van der Waals surface area contributed by atoms with Crippen LogP contribution in [-0.4, -0.2) is 44.3 Å². The van der Waals surface area contributed by atoms with Crippen molar-refractivity contribution in [2.75, 3.05) is 24.7 Å². The number of pyridine rings is 1. The molecule has 0 unspecified atom stereocenters. The maximum Gasteiger partial charge on any atom is 0.416 e. The summed E-state index contributed by atoms with van der Waals surface area (Å²) in [5.74, 6) is -0.215. The second kappa shape index (κ2) is 12.7. The molecule has 0 aliphatic carbocycles. The number of carbonyl (C=O) groups is 1. The third-order valence-corrected chi connectivity index (χ3v) is 7.07. The van der Waals surface area contributed by atoms with Gasteiger partial charge in [-0.25, -0.2) is 13.4 Å². The van der Waals surface area contributed by atoms with Gasteiger partial charge >= 0.3 is 6.18 Å². The summed E-state index contributed by atoms with van der Waals surface area (Å²) in [6, 6.07) is 17.6. The summed E-state index contributed by atoms with van der Waals surface area (Å²) in [6.07, 6.45) is 0.699. The predicted octanol–water partition coefficient (Wildman–Crippen LogP) is 6.63. The largest absolute Gasteiger partial charge is 0.508 e. The van der Waals surface area contributed by atoms with Crippen LogP contribution < -0.4 is 4.72 Å². The molecule has 0 spiro atoms. The van der Waals surface area contributed by atoms with Gasteiger partial charge in [0.25, 0.3) is 0 Å². The van der Waals surface area contributed by atoms with Crippen molar-refractivity contribution in [3.8, 4) is 16.9 Å². The monoisotopic (exact) mass is 598 g/mol. The van der Waals surface area contributed by atoms with E-state index in [1.54, 1.807) is 31.4 Å². The number of halogens is 3. The Labute approximate surface area is 241 Å². The summed E-state index contributed by atoms with van der Waals surface area (Å²) in [7, 11) is -2.18. The Balaban J connectivity index is 1.62. The number of aromatic nitrogens is 1. The number of aromatic hydroxyl groups is 1. The average molecular weight is 599 g/mol. The van der Waals surface area contributed by atoms with E-state index in [0.29, 0.717) is 35.9 Å². The van der Waals surface area contributed by atoms with E-state index < -0.39 is 27.5 Å². The number of sulfonamides is 1. The molecule has 2 N–H and O–H groups in total. The molecule has 0 amide bonds. The standard InChI is InChI=1S/C31H29F3N2O5S/c1-41-19-21(15-20-9-12-25(37)13-10-20)5-3-8-30(38)29-18-28(36-42(2,39)40)26-17-23(11-14-27(26)35-29)22-6-4-7-24(16-22)31(32,33)34/h3-4,6-14,16-18,21,37H,5,15,19H2,1-2H3,(H,35,36)/b8-3+/t21-/m0/s1. The lowest BCUT2D eigenvalue weighted by Crippen LogP contribution is -2.12. The molecule has 1 aromatic heterocycles. The summed E-state index contributed by atoms with van der Waals surface area (Å²) in [5.41, 5.74) is 1.28. The maximum atomic E-state index is 13.3. The van der Waals surface area contributed by atoms with Gasteiger partial charge in [0.2, 0.25) is 15.8 Å². The molecule has 1 heterocycles. The molecule has 7 nitrogen and oxygen atoms in total. The number of fused-ring (bicyclic) bond motifs is 1. The number of alkyl halides is 3. The van der Waals surface area contributed by atoms with Crippen molar-refractivity contribution < 1.29 is 36.2 Å². The molecule has 0 bridgehead atoms. The van der Waals surface area contributed by atoms with Gasteiger partial charge in [0.15, 0.2) is 0 Å². The highest BCUT2D eigenvalue weighted by molar-refractivity contribution is 7.92. The van der Waals surface area contributed by atoms with E-state index in [1.807, 2.05) is 12.1 Å². The van der Waals surface area contributed by atoms with Gasteiger partial charge in [-0.2, -0.15) is 13.2 Å². The van der Waals surface area contributed by atoms with Crippen LogP contribution in [0.15, 0.2) is 84.9 Å². The van der Waals surface area contributed by atoms with Crippen LogP contribution in [0.3, 0.4) is 0 Å². The number of hydrogen-bond donors (Lipinski definition) is 2. The van der Waals surface area contributed by atoms with Crippen molar-refractivity contribution in [3.05, 3.63) is 102 Å². The van der Waals surface area contributed by atoms with Gasteiger partial charge in [-0.15, -0.1) is 0 Å². The average Bonchev–Trinajstić information content (AvgIpc) is 2.93. The van der Waals surface area contributed by atoms with Gasteiger partial charge in [-0.1, -0.05) is 36.4 Å². The van der Waals surface area contributed by atoms with E-state index in [9.17, 15) is 31.5 Å². The van der Waals surface area contributed by atoms with Crippen molar-refractivity contribution in [1.29, 1.82) is 0 Å². The lowest BCUT2D eigenvalue weighted by Gasteiger charge is -2.14. The van der Waals surface area contributed by atoms with Crippen molar-refractivity contribution in [2.45, 2.75) is 19.0 Å². The minimum atomic E-state index is -4.52. The van der Waals surface area contributed by atoms with E-state index in [4.69, 9.17) is 4.74 Å². The topological polar surface area (TPSA) is 106 Å².